The third-order valence-electron chi connectivity index (χ3n) is 3.33. The second kappa shape index (κ2) is 5.04. The van der Waals surface area contributed by atoms with Gasteiger partial charge in [-0.3, -0.25) is 0 Å². The average molecular weight is 323 g/mol. The van der Waals surface area contributed by atoms with Crippen molar-refractivity contribution in [3.8, 4) is 0 Å². The molecule has 1 aliphatic rings. The van der Waals surface area contributed by atoms with E-state index in [-0.39, 0.29) is 5.56 Å². The Hall–Kier alpha value is -1.23. The van der Waals surface area contributed by atoms with E-state index in [0.717, 1.165) is 11.1 Å². The van der Waals surface area contributed by atoms with Crippen LogP contribution in [0.5, 0.6) is 0 Å². The zero-order valence-electron chi connectivity index (χ0n) is 10.1. The van der Waals surface area contributed by atoms with Crippen LogP contribution < -0.4 is 0 Å². The van der Waals surface area contributed by atoms with Crippen LogP contribution >= 0.6 is 15.9 Å². The number of fused-ring (bicyclic) bond motifs is 1. The van der Waals surface area contributed by atoms with Crippen LogP contribution in [0, 0.1) is 5.82 Å². The molecule has 1 aliphatic heterocycles. The molecule has 98 valence electrons. The third kappa shape index (κ3) is 2.31. The van der Waals surface area contributed by atoms with Crippen LogP contribution in [0.3, 0.4) is 0 Å². The van der Waals surface area contributed by atoms with E-state index in [4.69, 9.17) is 4.74 Å². The van der Waals surface area contributed by atoms with E-state index in [0.29, 0.717) is 23.2 Å². The topological polar surface area (TPSA) is 29.5 Å². The first-order valence-corrected chi connectivity index (χ1v) is 6.77. The summed E-state index contributed by atoms with van der Waals surface area (Å²) >= 11 is 3.28. The summed E-state index contributed by atoms with van der Waals surface area (Å²) in [6.45, 7) is 1.16. The Kier molecular flexibility index (Phi) is 3.39. The quantitative estimate of drug-likeness (QED) is 0.913. The molecule has 2 aromatic rings. The first kappa shape index (κ1) is 12.8. The fourth-order valence-corrected chi connectivity index (χ4v) is 2.86. The van der Waals surface area contributed by atoms with Crippen LogP contribution in [0.1, 0.15) is 28.4 Å². The highest BCUT2D eigenvalue weighted by atomic mass is 79.9. The minimum Gasteiger partial charge on any atom is -0.384 e. The van der Waals surface area contributed by atoms with E-state index < -0.39 is 11.9 Å². The molecule has 1 N–H and O–H groups in total. The molecule has 1 unspecified atom stereocenters. The van der Waals surface area contributed by atoms with Crippen molar-refractivity contribution >= 4 is 15.9 Å². The van der Waals surface area contributed by atoms with E-state index in [1.165, 1.54) is 6.07 Å². The maximum absolute atomic E-state index is 13.8. The highest BCUT2D eigenvalue weighted by molar-refractivity contribution is 9.10. The summed E-state index contributed by atoms with van der Waals surface area (Å²) in [6, 6.07) is 10.3. The Bertz CT molecular complexity index is 607. The van der Waals surface area contributed by atoms with E-state index in [9.17, 15) is 9.50 Å². The molecule has 0 amide bonds. The van der Waals surface area contributed by atoms with Crippen molar-refractivity contribution in [2.45, 2.75) is 19.3 Å². The molecule has 1 atom stereocenters. The van der Waals surface area contributed by atoms with Gasteiger partial charge in [0.1, 0.15) is 11.9 Å². The van der Waals surface area contributed by atoms with Crippen molar-refractivity contribution < 1.29 is 14.2 Å². The van der Waals surface area contributed by atoms with E-state index >= 15 is 0 Å². The molecule has 19 heavy (non-hydrogen) atoms. The predicted molar refractivity (Wildman–Crippen MR) is 73.1 cm³/mol. The van der Waals surface area contributed by atoms with E-state index in [1.54, 1.807) is 12.1 Å². The second-order valence-electron chi connectivity index (χ2n) is 4.56. The molecule has 0 spiro atoms. The van der Waals surface area contributed by atoms with Crippen LogP contribution in [0.15, 0.2) is 40.9 Å². The van der Waals surface area contributed by atoms with E-state index in [2.05, 4.69) is 15.9 Å². The molecule has 0 bridgehead atoms. The lowest BCUT2D eigenvalue weighted by Gasteiger charge is -2.15. The fourth-order valence-electron chi connectivity index (χ4n) is 2.30. The smallest absolute Gasteiger partial charge is 0.130 e. The minimum absolute atomic E-state index is 0.265. The third-order valence-corrected chi connectivity index (χ3v) is 4.03. The molecule has 2 nitrogen and oxygen atoms in total. The van der Waals surface area contributed by atoms with Crippen LogP contribution in [0.4, 0.5) is 4.39 Å². The van der Waals surface area contributed by atoms with Gasteiger partial charge in [0.25, 0.3) is 0 Å². The largest absolute Gasteiger partial charge is 0.384 e. The number of rotatable bonds is 2. The van der Waals surface area contributed by atoms with Gasteiger partial charge in [0.15, 0.2) is 0 Å². The van der Waals surface area contributed by atoms with Crippen LogP contribution in [-0.2, 0) is 18.0 Å². The molecule has 0 saturated heterocycles. The Morgan fingerprint density at radius 3 is 2.74 bits per heavy atom. The number of halogens is 2. The SMILES string of the molecule is OC(c1ccc2c(c1)COC2)c1c(F)cccc1Br. The molecule has 0 aliphatic carbocycles. The molecule has 1 heterocycles. The number of aliphatic hydroxyl groups is 1. The van der Waals surface area contributed by atoms with Crippen LogP contribution in [0.25, 0.3) is 0 Å². The normalized spacial score (nSPS) is 15.3. The molecule has 2 aromatic carbocycles. The van der Waals surface area contributed by atoms with Crippen LogP contribution in [0.2, 0.25) is 0 Å². The van der Waals surface area contributed by atoms with Crippen LogP contribution in [-0.4, -0.2) is 5.11 Å². The molecule has 0 fully saturated rings. The van der Waals surface area contributed by atoms with Crippen molar-refractivity contribution in [1.82, 2.24) is 0 Å². The van der Waals surface area contributed by atoms with Gasteiger partial charge in [-0.2, -0.15) is 0 Å². The maximum Gasteiger partial charge on any atom is 0.130 e. The fraction of sp³-hybridized carbons (Fsp3) is 0.200. The van der Waals surface area contributed by atoms with Crippen molar-refractivity contribution in [3.63, 3.8) is 0 Å². The number of hydrogen-bond donors (Lipinski definition) is 1. The minimum atomic E-state index is -0.985. The standard InChI is InChI=1S/C15H12BrFO2/c16-12-2-1-3-13(17)14(12)15(18)9-4-5-10-7-19-8-11(10)6-9/h1-6,15,18H,7-8H2. The van der Waals surface area contributed by atoms with Gasteiger partial charge in [0.2, 0.25) is 0 Å². The second-order valence-corrected chi connectivity index (χ2v) is 5.41. The van der Waals surface area contributed by atoms with Crippen molar-refractivity contribution in [3.05, 3.63) is 68.9 Å². The Labute approximate surface area is 119 Å². The summed E-state index contributed by atoms with van der Waals surface area (Å²) < 4.78 is 19.8. The van der Waals surface area contributed by atoms with Gasteiger partial charge >= 0.3 is 0 Å². The Morgan fingerprint density at radius 1 is 1.16 bits per heavy atom. The first-order valence-electron chi connectivity index (χ1n) is 5.98. The maximum atomic E-state index is 13.8. The molecule has 0 aromatic heterocycles. The van der Waals surface area contributed by atoms with Gasteiger partial charge in [-0.1, -0.05) is 40.2 Å². The summed E-state index contributed by atoms with van der Waals surface area (Å²) in [7, 11) is 0. The number of benzene rings is 2. The van der Waals surface area contributed by atoms with Gasteiger partial charge in [-0.25, -0.2) is 4.39 Å². The molecule has 0 radical (unpaired) electrons. The molecule has 4 heteroatoms. The van der Waals surface area contributed by atoms with Gasteiger partial charge in [-0.15, -0.1) is 0 Å². The number of ether oxygens (including phenoxy) is 1. The zero-order valence-corrected chi connectivity index (χ0v) is 11.7. The van der Waals surface area contributed by atoms with Gasteiger partial charge < -0.3 is 9.84 Å². The van der Waals surface area contributed by atoms with E-state index in [1.807, 2.05) is 18.2 Å². The average Bonchev–Trinajstić information content (AvgIpc) is 2.85. The van der Waals surface area contributed by atoms with Gasteiger partial charge in [0, 0.05) is 10.0 Å². The molecular formula is C15H12BrFO2. The van der Waals surface area contributed by atoms with Crippen molar-refractivity contribution in [1.29, 1.82) is 0 Å². The number of aliphatic hydroxyl groups excluding tert-OH is 1. The lowest BCUT2D eigenvalue weighted by molar-refractivity contribution is 0.134. The summed E-state index contributed by atoms with van der Waals surface area (Å²) in [5.74, 6) is -0.418. The van der Waals surface area contributed by atoms with Crippen molar-refractivity contribution in [2.75, 3.05) is 0 Å². The number of hydrogen-bond acceptors (Lipinski definition) is 2. The first-order chi connectivity index (χ1) is 9.16. The lowest BCUT2D eigenvalue weighted by atomic mass is 9.97. The monoisotopic (exact) mass is 322 g/mol. The van der Waals surface area contributed by atoms with Crippen molar-refractivity contribution in [2.24, 2.45) is 0 Å². The summed E-state index contributed by atoms with van der Waals surface area (Å²) in [5, 5.41) is 10.4. The Morgan fingerprint density at radius 2 is 1.95 bits per heavy atom. The molecule has 3 rings (SSSR count). The summed E-state index contributed by atoms with van der Waals surface area (Å²) in [4.78, 5) is 0. The molecular weight excluding hydrogens is 311 g/mol. The Balaban J connectivity index is 2.02. The highest BCUT2D eigenvalue weighted by Crippen LogP contribution is 2.32. The predicted octanol–water partition coefficient (Wildman–Crippen LogP) is 3.70. The highest BCUT2D eigenvalue weighted by Gasteiger charge is 2.20. The zero-order chi connectivity index (χ0) is 13.4. The summed E-state index contributed by atoms with van der Waals surface area (Å²) in [6.07, 6.45) is -0.985. The molecule has 0 saturated carbocycles. The lowest BCUT2D eigenvalue weighted by Crippen LogP contribution is -2.04. The van der Waals surface area contributed by atoms with Gasteiger partial charge in [0.05, 0.1) is 13.2 Å². The van der Waals surface area contributed by atoms with Gasteiger partial charge in [-0.05, 0) is 28.8 Å². The summed E-state index contributed by atoms with van der Waals surface area (Å²) in [5.41, 5.74) is 3.13.